The lowest BCUT2D eigenvalue weighted by Crippen LogP contribution is -2.39. The highest BCUT2D eigenvalue weighted by atomic mass is 16.7. The lowest BCUT2D eigenvalue weighted by molar-refractivity contribution is -0.159. The van der Waals surface area contributed by atoms with Gasteiger partial charge in [-0.1, -0.05) is 80.6 Å². The number of rotatable bonds is 12. The quantitative estimate of drug-likeness (QED) is 0.139. The number of hydroxylamine groups is 2. The molecule has 4 aromatic rings. The van der Waals surface area contributed by atoms with Crippen LogP contribution in [0.1, 0.15) is 53.7 Å². The van der Waals surface area contributed by atoms with Crippen LogP contribution in [-0.2, 0) is 11.4 Å². The van der Waals surface area contributed by atoms with Crippen molar-refractivity contribution in [1.29, 1.82) is 0 Å². The Bertz CT molecular complexity index is 1340. The van der Waals surface area contributed by atoms with Gasteiger partial charge in [0, 0.05) is 5.56 Å². The molecule has 4 rings (SSSR count). The van der Waals surface area contributed by atoms with Crippen molar-refractivity contribution in [2.45, 2.75) is 39.3 Å². The number of hydrogen-bond donors (Lipinski definition) is 0. The Hall–Kier alpha value is -4.35. The van der Waals surface area contributed by atoms with Crippen molar-refractivity contribution in [2.75, 3.05) is 7.11 Å². The van der Waals surface area contributed by atoms with E-state index in [0.717, 1.165) is 46.8 Å². The summed E-state index contributed by atoms with van der Waals surface area (Å²) in [6, 6.07) is 32.9. The molecule has 0 atom stereocenters. The van der Waals surface area contributed by atoms with Gasteiger partial charge in [0.15, 0.2) is 0 Å². The third kappa shape index (κ3) is 7.82. The number of carbonyl (C=O) groups excluding carboxylic acids is 1. The monoisotopic (exact) mass is 521 g/mol. The summed E-state index contributed by atoms with van der Waals surface area (Å²) in [5.41, 5.74) is 3.63. The van der Waals surface area contributed by atoms with Crippen molar-refractivity contribution >= 4 is 18.1 Å². The molecule has 4 aromatic carbocycles. The zero-order valence-electron chi connectivity index (χ0n) is 22.7. The first-order valence-electron chi connectivity index (χ1n) is 13.3. The Balaban J connectivity index is 1.42. The summed E-state index contributed by atoms with van der Waals surface area (Å²) in [5.74, 6) is 2.15. The van der Waals surface area contributed by atoms with Crippen LogP contribution in [0.4, 0.5) is 0 Å². The van der Waals surface area contributed by atoms with Crippen molar-refractivity contribution in [3.05, 3.63) is 125 Å². The summed E-state index contributed by atoms with van der Waals surface area (Å²) in [4.78, 5) is 19.4. The molecule has 0 bridgehead atoms. The molecule has 0 saturated carbocycles. The number of methoxy groups -OCH3 is 1. The molecule has 39 heavy (non-hydrogen) atoms. The molecule has 0 fully saturated rings. The van der Waals surface area contributed by atoms with Crippen LogP contribution in [0.25, 0.3) is 12.2 Å². The smallest absolute Gasteiger partial charge is 0.277 e. The zero-order chi connectivity index (χ0) is 27.5. The molecule has 0 aliphatic heterocycles. The van der Waals surface area contributed by atoms with E-state index >= 15 is 0 Å². The molecule has 5 nitrogen and oxygen atoms in total. The van der Waals surface area contributed by atoms with Crippen LogP contribution in [0.15, 0.2) is 103 Å². The maximum atomic E-state index is 13.4. The summed E-state index contributed by atoms with van der Waals surface area (Å²) in [6.07, 6.45) is 5.68. The summed E-state index contributed by atoms with van der Waals surface area (Å²) in [5, 5.41) is 1.55. The van der Waals surface area contributed by atoms with Crippen LogP contribution in [0.3, 0.4) is 0 Å². The van der Waals surface area contributed by atoms with E-state index in [-0.39, 0.29) is 11.9 Å². The Kier molecular flexibility index (Phi) is 9.92. The van der Waals surface area contributed by atoms with Gasteiger partial charge in [-0.15, -0.1) is 0 Å². The molecule has 0 spiro atoms. The van der Waals surface area contributed by atoms with Crippen molar-refractivity contribution in [2.24, 2.45) is 0 Å². The van der Waals surface area contributed by atoms with E-state index in [4.69, 9.17) is 14.3 Å². The minimum atomic E-state index is -0.126. The zero-order valence-corrected chi connectivity index (χ0v) is 22.7. The predicted molar refractivity (Wildman–Crippen MR) is 157 cm³/mol. The molecule has 0 radical (unpaired) electrons. The molecule has 200 valence electrons. The molecule has 0 aliphatic carbocycles. The van der Waals surface area contributed by atoms with E-state index in [2.05, 4.69) is 13.8 Å². The van der Waals surface area contributed by atoms with Gasteiger partial charge in [0.25, 0.3) is 5.91 Å². The van der Waals surface area contributed by atoms with Crippen LogP contribution >= 0.6 is 0 Å². The maximum absolute atomic E-state index is 13.4. The van der Waals surface area contributed by atoms with Crippen LogP contribution in [0, 0.1) is 0 Å². The second-order valence-electron chi connectivity index (χ2n) is 9.17. The van der Waals surface area contributed by atoms with Gasteiger partial charge >= 0.3 is 0 Å². The second kappa shape index (κ2) is 14.0. The first-order valence-corrected chi connectivity index (χ1v) is 13.3. The molecular weight excluding hydrogens is 486 g/mol. The average Bonchev–Trinajstić information content (AvgIpc) is 2.99. The molecule has 0 aromatic heterocycles. The lowest BCUT2D eigenvalue weighted by Gasteiger charge is -2.29. The van der Waals surface area contributed by atoms with Crippen molar-refractivity contribution < 1.29 is 19.1 Å². The molecule has 0 saturated heterocycles. The molecule has 0 N–H and O–H groups in total. The topological polar surface area (TPSA) is 48.0 Å². The van der Waals surface area contributed by atoms with Gasteiger partial charge in [0.1, 0.15) is 23.9 Å². The van der Waals surface area contributed by atoms with Gasteiger partial charge in [-0.25, -0.2) is 5.06 Å². The number of amides is 1. The van der Waals surface area contributed by atoms with E-state index in [0.29, 0.717) is 12.2 Å². The molecule has 1 amide bonds. The number of ether oxygens (including phenoxy) is 2. The molecule has 5 heteroatoms. The summed E-state index contributed by atoms with van der Waals surface area (Å²) in [6.45, 7) is 4.50. The molecule has 0 unspecified atom stereocenters. The highest BCUT2D eigenvalue weighted by Gasteiger charge is 2.23. The third-order valence-electron chi connectivity index (χ3n) is 6.47. The minimum absolute atomic E-state index is 0.00759. The maximum Gasteiger partial charge on any atom is 0.277 e. The lowest BCUT2D eigenvalue weighted by atomic mass is 10.1. The highest BCUT2D eigenvalue weighted by Crippen LogP contribution is 2.25. The van der Waals surface area contributed by atoms with Crippen LogP contribution in [0.2, 0.25) is 0 Å². The first-order chi connectivity index (χ1) is 19.1. The fourth-order valence-electron chi connectivity index (χ4n) is 4.19. The van der Waals surface area contributed by atoms with E-state index in [9.17, 15) is 4.79 Å². The van der Waals surface area contributed by atoms with Gasteiger partial charge in [0.05, 0.1) is 13.2 Å². The fraction of sp³-hybridized carbons (Fsp3) is 0.206. The fourth-order valence-corrected chi connectivity index (χ4v) is 4.19. The van der Waals surface area contributed by atoms with Crippen molar-refractivity contribution in [3.63, 3.8) is 0 Å². The van der Waals surface area contributed by atoms with E-state index < -0.39 is 0 Å². The van der Waals surface area contributed by atoms with Crippen molar-refractivity contribution in [3.8, 4) is 17.2 Å². The van der Waals surface area contributed by atoms with Crippen LogP contribution < -0.4 is 9.47 Å². The van der Waals surface area contributed by atoms with Gasteiger partial charge in [0.2, 0.25) is 0 Å². The highest BCUT2D eigenvalue weighted by molar-refractivity contribution is 5.94. The predicted octanol–water partition coefficient (Wildman–Crippen LogP) is 8.42. The SMILES string of the molecule is CCC(CC)N(OCc1ccccc1)C(=O)c1ccc(C=Cc2cccc(Oc3ccc(OC)cc3)c2)cc1. The number of nitrogens with zero attached hydrogens (tertiary/aromatic N) is 1. The summed E-state index contributed by atoms with van der Waals surface area (Å²) >= 11 is 0. The Morgan fingerprint density at radius 1 is 0.744 bits per heavy atom. The van der Waals surface area contributed by atoms with Gasteiger partial charge in [-0.2, -0.15) is 0 Å². The van der Waals surface area contributed by atoms with E-state index in [1.54, 1.807) is 12.2 Å². The number of benzene rings is 4. The number of carbonyl (C=O) groups is 1. The van der Waals surface area contributed by atoms with E-state index in [1.807, 2.05) is 115 Å². The van der Waals surface area contributed by atoms with E-state index in [1.165, 1.54) is 0 Å². The molecule has 0 aliphatic rings. The van der Waals surface area contributed by atoms with Gasteiger partial charge < -0.3 is 9.47 Å². The third-order valence-corrected chi connectivity index (χ3v) is 6.47. The summed E-state index contributed by atoms with van der Waals surface area (Å²) < 4.78 is 11.2. The number of hydrogen-bond acceptors (Lipinski definition) is 4. The standard InChI is InChI=1S/C34H35NO4/c1-4-30(5-2)35(38-25-28-10-7-6-8-11-28)34(36)29-18-16-26(17-19-29)14-15-27-12-9-13-33(24-27)39-32-22-20-31(37-3)21-23-32/h6-24,30H,4-5,25H2,1-3H3. The Morgan fingerprint density at radius 3 is 2.08 bits per heavy atom. The normalized spacial score (nSPS) is 11.1. The average molecular weight is 522 g/mol. The largest absolute Gasteiger partial charge is 0.497 e. The minimum Gasteiger partial charge on any atom is -0.497 e. The van der Waals surface area contributed by atoms with Gasteiger partial charge in [-0.05, 0) is 78.1 Å². The Morgan fingerprint density at radius 2 is 1.41 bits per heavy atom. The first kappa shape index (κ1) is 27.7. The van der Waals surface area contributed by atoms with Crippen LogP contribution in [0.5, 0.6) is 17.2 Å². The molecular formula is C34H35NO4. The molecule has 0 heterocycles. The summed E-state index contributed by atoms with van der Waals surface area (Å²) in [7, 11) is 1.64. The van der Waals surface area contributed by atoms with Gasteiger partial charge in [-0.3, -0.25) is 9.63 Å². The Labute approximate surface area is 231 Å². The second-order valence-corrected chi connectivity index (χ2v) is 9.17. The van der Waals surface area contributed by atoms with Crippen molar-refractivity contribution in [1.82, 2.24) is 5.06 Å². The van der Waals surface area contributed by atoms with Crippen LogP contribution in [-0.4, -0.2) is 24.1 Å².